The van der Waals surface area contributed by atoms with Crippen LogP contribution in [-0.4, -0.2) is 22.8 Å². The number of nitrogens with zero attached hydrogens (tertiary/aromatic N) is 3. The van der Waals surface area contributed by atoms with E-state index in [4.69, 9.17) is 16.4 Å². The van der Waals surface area contributed by atoms with Crippen molar-refractivity contribution in [2.24, 2.45) is 5.92 Å². The highest BCUT2D eigenvalue weighted by Gasteiger charge is 2.60. The maximum atomic E-state index is 13.5. The number of carbonyl (C=O) groups excluding carboxylic acids is 2. The summed E-state index contributed by atoms with van der Waals surface area (Å²) >= 11 is 6.05. The predicted molar refractivity (Wildman–Crippen MR) is 117 cm³/mol. The quantitative estimate of drug-likeness (QED) is 0.335. The van der Waals surface area contributed by atoms with E-state index >= 15 is 0 Å². The second-order valence-electron chi connectivity index (χ2n) is 7.50. The van der Waals surface area contributed by atoms with Crippen LogP contribution in [0.15, 0.2) is 78.9 Å². The molecule has 0 spiro atoms. The molecule has 0 bridgehead atoms. The number of amides is 2. The third kappa shape index (κ3) is 3.21. The van der Waals surface area contributed by atoms with E-state index in [9.17, 15) is 19.7 Å². The molecule has 3 aromatic carbocycles. The van der Waals surface area contributed by atoms with Crippen LogP contribution in [0.1, 0.15) is 11.6 Å². The second kappa shape index (κ2) is 7.74. The van der Waals surface area contributed by atoms with Gasteiger partial charge in [-0.1, -0.05) is 48.0 Å². The minimum absolute atomic E-state index is 0.147. The summed E-state index contributed by atoms with van der Waals surface area (Å²) in [4.78, 5) is 44.4. The van der Waals surface area contributed by atoms with Crippen molar-refractivity contribution in [1.29, 1.82) is 0 Å². The Hall–Kier alpha value is -3.75. The van der Waals surface area contributed by atoms with Gasteiger partial charge in [0.2, 0.25) is 5.91 Å². The van der Waals surface area contributed by atoms with Gasteiger partial charge in [0.1, 0.15) is 5.92 Å². The molecule has 2 aliphatic rings. The summed E-state index contributed by atoms with van der Waals surface area (Å²) in [6, 6.07) is 21.1. The average molecular weight is 450 g/mol. The number of imide groups is 1. The van der Waals surface area contributed by atoms with Gasteiger partial charge in [-0.3, -0.25) is 24.5 Å². The van der Waals surface area contributed by atoms with Gasteiger partial charge in [0.05, 0.1) is 22.3 Å². The molecule has 9 heteroatoms. The molecule has 32 heavy (non-hydrogen) atoms. The van der Waals surface area contributed by atoms with Gasteiger partial charge in [0, 0.05) is 17.2 Å². The number of hydrogen-bond acceptors (Lipinski definition) is 6. The number of nitro groups is 1. The van der Waals surface area contributed by atoms with Crippen molar-refractivity contribution < 1.29 is 19.3 Å². The molecule has 0 saturated carbocycles. The van der Waals surface area contributed by atoms with Crippen molar-refractivity contribution in [2.75, 3.05) is 9.96 Å². The normalized spacial score (nSPS) is 22.3. The van der Waals surface area contributed by atoms with E-state index in [2.05, 4.69) is 0 Å². The highest BCUT2D eigenvalue weighted by atomic mass is 35.5. The summed E-state index contributed by atoms with van der Waals surface area (Å²) in [5.41, 5.74) is 1.40. The molecule has 0 unspecified atom stereocenters. The zero-order valence-electron chi connectivity index (χ0n) is 16.5. The van der Waals surface area contributed by atoms with Gasteiger partial charge in [-0.2, -0.15) is 0 Å². The van der Waals surface area contributed by atoms with Crippen molar-refractivity contribution in [3.8, 4) is 0 Å². The third-order valence-electron chi connectivity index (χ3n) is 5.64. The second-order valence-corrected chi connectivity index (χ2v) is 7.93. The summed E-state index contributed by atoms with van der Waals surface area (Å²) in [7, 11) is 0. The van der Waals surface area contributed by atoms with Crippen LogP contribution in [-0.2, 0) is 14.4 Å². The van der Waals surface area contributed by atoms with Gasteiger partial charge >= 0.3 is 0 Å². The zero-order valence-corrected chi connectivity index (χ0v) is 17.3. The van der Waals surface area contributed by atoms with Gasteiger partial charge in [-0.25, -0.2) is 9.96 Å². The third-order valence-corrected chi connectivity index (χ3v) is 5.89. The molecule has 0 N–H and O–H groups in total. The first-order valence-corrected chi connectivity index (χ1v) is 10.2. The van der Waals surface area contributed by atoms with E-state index in [1.165, 1.54) is 24.3 Å². The van der Waals surface area contributed by atoms with E-state index < -0.39 is 34.8 Å². The van der Waals surface area contributed by atoms with Crippen LogP contribution in [0.3, 0.4) is 0 Å². The van der Waals surface area contributed by atoms with Crippen LogP contribution in [0, 0.1) is 16.0 Å². The number of para-hydroxylation sites is 1. The number of hydroxylamine groups is 1. The fourth-order valence-corrected chi connectivity index (χ4v) is 4.34. The minimum atomic E-state index is -1.05. The lowest BCUT2D eigenvalue weighted by atomic mass is 9.90. The Labute approximate surface area is 187 Å². The van der Waals surface area contributed by atoms with Crippen LogP contribution < -0.4 is 9.96 Å². The molecular weight excluding hydrogens is 434 g/mol. The maximum absolute atomic E-state index is 13.5. The number of halogens is 1. The van der Waals surface area contributed by atoms with Crippen LogP contribution in [0.2, 0.25) is 5.02 Å². The molecule has 2 aliphatic heterocycles. The van der Waals surface area contributed by atoms with Gasteiger partial charge in [-0.05, 0) is 35.9 Å². The van der Waals surface area contributed by atoms with Crippen LogP contribution in [0.4, 0.5) is 17.1 Å². The number of nitro benzene ring substituents is 1. The molecule has 2 fully saturated rings. The summed E-state index contributed by atoms with van der Waals surface area (Å²) in [5, 5.41) is 13.3. The molecule has 5 rings (SSSR count). The standard InChI is InChI=1S/C23H16ClN3O5/c24-15-11-9-14(10-12-15)20-19-21(32-26(20)16-5-2-1-3-6-16)23(29)25(22(19)28)17-7-4-8-18(13-17)27(30)31/h1-13,19-21H/t19-,20-,21+/m0/s1. The highest BCUT2D eigenvalue weighted by Crippen LogP contribution is 2.47. The molecule has 160 valence electrons. The van der Waals surface area contributed by atoms with Crippen LogP contribution >= 0.6 is 11.6 Å². The number of hydrogen-bond donors (Lipinski definition) is 0. The fraction of sp³-hybridized carbons (Fsp3) is 0.130. The van der Waals surface area contributed by atoms with Gasteiger partial charge < -0.3 is 0 Å². The summed E-state index contributed by atoms with van der Waals surface area (Å²) in [5.74, 6) is -1.86. The van der Waals surface area contributed by atoms with Gasteiger partial charge in [-0.15, -0.1) is 0 Å². The Morgan fingerprint density at radius 1 is 0.875 bits per heavy atom. The maximum Gasteiger partial charge on any atom is 0.271 e. The lowest BCUT2D eigenvalue weighted by Gasteiger charge is -2.28. The van der Waals surface area contributed by atoms with E-state index in [1.807, 2.05) is 30.3 Å². The SMILES string of the molecule is O=C1[C@@H]2[C@@H](ON(c3ccccc3)[C@H]2c2ccc(Cl)cc2)C(=O)N1c1cccc([N+](=O)[O-])c1. The summed E-state index contributed by atoms with van der Waals surface area (Å²) in [6.07, 6.45) is -1.05. The van der Waals surface area contributed by atoms with Crippen molar-refractivity contribution >= 4 is 40.5 Å². The fourth-order valence-electron chi connectivity index (χ4n) is 4.21. The first-order chi connectivity index (χ1) is 15.5. The molecule has 3 aromatic rings. The minimum Gasteiger partial charge on any atom is -0.273 e. The van der Waals surface area contributed by atoms with Crippen molar-refractivity contribution in [2.45, 2.75) is 12.1 Å². The summed E-state index contributed by atoms with van der Waals surface area (Å²) < 4.78 is 0. The van der Waals surface area contributed by atoms with Crippen LogP contribution in [0.25, 0.3) is 0 Å². The lowest BCUT2D eigenvalue weighted by molar-refractivity contribution is -0.384. The average Bonchev–Trinajstić information content (AvgIpc) is 3.31. The first-order valence-electron chi connectivity index (χ1n) is 9.84. The van der Waals surface area contributed by atoms with Crippen molar-refractivity contribution in [1.82, 2.24) is 0 Å². The van der Waals surface area contributed by atoms with Gasteiger partial charge in [0.15, 0.2) is 6.10 Å². The number of non-ortho nitro benzene ring substituents is 1. The van der Waals surface area contributed by atoms with Crippen LogP contribution in [0.5, 0.6) is 0 Å². The van der Waals surface area contributed by atoms with E-state index in [-0.39, 0.29) is 11.4 Å². The van der Waals surface area contributed by atoms with E-state index in [0.29, 0.717) is 10.7 Å². The zero-order chi connectivity index (χ0) is 22.4. The molecule has 2 heterocycles. The molecule has 2 saturated heterocycles. The Bertz CT molecular complexity index is 1220. The molecule has 8 nitrogen and oxygen atoms in total. The molecule has 2 amide bonds. The molecule has 0 aromatic heterocycles. The highest BCUT2D eigenvalue weighted by molar-refractivity contribution is 6.30. The molecule has 0 radical (unpaired) electrons. The van der Waals surface area contributed by atoms with Crippen molar-refractivity contribution in [3.05, 3.63) is 99.6 Å². The van der Waals surface area contributed by atoms with E-state index in [1.54, 1.807) is 29.3 Å². The largest absolute Gasteiger partial charge is 0.273 e. The van der Waals surface area contributed by atoms with E-state index in [0.717, 1.165) is 10.5 Å². The number of benzene rings is 3. The number of carbonyl (C=O) groups is 2. The Morgan fingerprint density at radius 2 is 1.56 bits per heavy atom. The Balaban J connectivity index is 1.57. The molecule has 0 aliphatic carbocycles. The first kappa shape index (κ1) is 20.2. The summed E-state index contributed by atoms with van der Waals surface area (Å²) in [6.45, 7) is 0. The number of fused-ring (bicyclic) bond motifs is 1. The number of anilines is 2. The topological polar surface area (TPSA) is 93.0 Å². The van der Waals surface area contributed by atoms with Crippen molar-refractivity contribution in [3.63, 3.8) is 0 Å². The molecular formula is C23H16ClN3O5. The number of rotatable bonds is 4. The lowest BCUT2D eigenvalue weighted by Crippen LogP contribution is -2.37. The molecule has 3 atom stereocenters. The monoisotopic (exact) mass is 449 g/mol. The Morgan fingerprint density at radius 3 is 2.25 bits per heavy atom. The predicted octanol–water partition coefficient (Wildman–Crippen LogP) is 4.30. The smallest absolute Gasteiger partial charge is 0.271 e. The van der Waals surface area contributed by atoms with Gasteiger partial charge in [0.25, 0.3) is 11.6 Å². The Kier molecular flexibility index (Phi) is 4.88.